The fraction of sp³-hybridized carbons (Fsp3) is 0.471. The van der Waals surface area contributed by atoms with E-state index in [4.69, 9.17) is 5.73 Å². The van der Waals surface area contributed by atoms with Crippen LogP contribution < -0.4 is 16.4 Å². The van der Waals surface area contributed by atoms with Crippen LogP contribution in [0.2, 0.25) is 0 Å². The molecule has 1 aromatic rings. The summed E-state index contributed by atoms with van der Waals surface area (Å²) in [6, 6.07) is 5.40. The van der Waals surface area contributed by atoms with Crippen molar-refractivity contribution in [1.29, 1.82) is 0 Å². The van der Waals surface area contributed by atoms with Crippen LogP contribution in [0.3, 0.4) is 0 Å². The lowest BCUT2D eigenvalue weighted by Crippen LogP contribution is -2.49. The van der Waals surface area contributed by atoms with E-state index in [1.807, 2.05) is 5.32 Å². The van der Waals surface area contributed by atoms with Gasteiger partial charge in [-0.3, -0.25) is 9.59 Å². The van der Waals surface area contributed by atoms with Gasteiger partial charge in [-0.15, -0.1) is 11.8 Å². The van der Waals surface area contributed by atoms with E-state index in [-0.39, 0.29) is 13.0 Å². The third-order valence-corrected chi connectivity index (χ3v) is 5.09. The van der Waals surface area contributed by atoms with Crippen LogP contribution >= 0.6 is 11.8 Å². The molecule has 0 aromatic heterocycles. The molecule has 1 saturated heterocycles. The summed E-state index contributed by atoms with van der Waals surface area (Å²) < 4.78 is 36.9. The summed E-state index contributed by atoms with van der Waals surface area (Å²) >= 11 is 1.34. The van der Waals surface area contributed by atoms with Crippen LogP contribution in [0.15, 0.2) is 29.2 Å². The van der Waals surface area contributed by atoms with Gasteiger partial charge in [-0.25, -0.2) is 4.79 Å². The first-order valence-corrected chi connectivity index (χ1v) is 9.58. The Morgan fingerprint density at radius 3 is 2.64 bits per heavy atom. The van der Waals surface area contributed by atoms with Gasteiger partial charge in [0.15, 0.2) is 0 Å². The number of alkyl halides is 3. The molecule has 4 amide bonds. The number of thioether (sulfide) groups is 1. The molecule has 4 N–H and O–H groups in total. The predicted octanol–water partition coefficient (Wildman–Crippen LogP) is 2.33. The number of hydrogen-bond acceptors (Lipinski definition) is 4. The average Bonchev–Trinajstić information content (AvgIpc) is 3.10. The van der Waals surface area contributed by atoms with Crippen molar-refractivity contribution >= 4 is 35.3 Å². The zero-order valence-electron chi connectivity index (χ0n) is 14.9. The van der Waals surface area contributed by atoms with E-state index in [0.29, 0.717) is 24.3 Å². The molecule has 1 fully saturated rings. The zero-order chi connectivity index (χ0) is 20.7. The van der Waals surface area contributed by atoms with Gasteiger partial charge < -0.3 is 21.3 Å². The quantitative estimate of drug-likeness (QED) is 0.591. The Morgan fingerprint density at radius 2 is 1.96 bits per heavy atom. The molecule has 0 radical (unpaired) electrons. The highest BCUT2D eigenvalue weighted by atomic mass is 32.2. The van der Waals surface area contributed by atoms with Gasteiger partial charge in [0.05, 0.1) is 5.69 Å². The van der Waals surface area contributed by atoms with Crippen LogP contribution in [0.5, 0.6) is 0 Å². The molecule has 7 nitrogen and oxygen atoms in total. The molecule has 0 aliphatic carbocycles. The number of benzene rings is 1. The summed E-state index contributed by atoms with van der Waals surface area (Å²) in [5.74, 6) is -0.818. The van der Waals surface area contributed by atoms with Crippen molar-refractivity contribution in [2.75, 3.05) is 24.2 Å². The van der Waals surface area contributed by atoms with E-state index in [9.17, 15) is 27.6 Å². The van der Waals surface area contributed by atoms with Gasteiger partial charge in [-0.05, 0) is 25.0 Å². The molecule has 1 aromatic carbocycles. The summed E-state index contributed by atoms with van der Waals surface area (Å²) in [6.07, 6.45) is -3.51. The van der Waals surface area contributed by atoms with Gasteiger partial charge in [0.25, 0.3) is 0 Å². The van der Waals surface area contributed by atoms with Crippen LogP contribution in [-0.4, -0.2) is 53.8 Å². The molecule has 0 spiro atoms. The lowest BCUT2D eigenvalue weighted by atomic mass is 10.2. The number of halogens is 3. The number of hydrogen-bond donors (Lipinski definition) is 3. The summed E-state index contributed by atoms with van der Waals surface area (Å²) in [6.45, 7) is -1.16. The van der Waals surface area contributed by atoms with Gasteiger partial charge in [0, 0.05) is 23.6 Å². The van der Waals surface area contributed by atoms with Crippen molar-refractivity contribution in [3.05, 3.63) is 24.3 Å². The van der Waals surface area contributed by atoms with Crippen LogP contribution in [0, 0.1) is 0 Å². The number of primary amides is 1. The third kappa shape index (κ3) is 6.63. The molecule has 1 aliphatic rings. The number of carbonyl (C=O) groups excluding carboxylic acids is 3. The topological polar surface area (TPSA) is 105 Å². The van der Waals surface area contributed by atoms with Crippen LogP contribution in [-0.2, 0) is 9.59 Å². The molecule has 154 valence electrons. The fourth-order valence-electron chi connectivity index (χ4n) is 2.73. The number of amides is 4. The number of para-hydroxylation sites is 1. The normalized spacial score (nSPS) is 16.7. The van der Waals surface area contributed by atoms with E-state index < -0.39 is 36.6 Å². The number of anilines is 1. The van der Waals surface area contributed by atoms with Crippen LogP contribution in [0.4, 0.5) is 23.7 Å². The lowest BCUT2D eigenvalue weighted by molar-refractivity contribution is -0.140. The van der Waals surface area contributed by atoms with Gasteiger partial charge in [0.2, 0.25) is 11.8 Å². The minimum atomic E-state index is -4.51. The Bertz CT molecular complexity index is 730. The first-order valence-electron chi connectivity index (χ1n) is 8.59. The highest BCUT2D eigenvalue weighted by Gasteiger charge is 2.36. The summed E-state index contributed by atoms with van der Waals surface area (Å²) in [4.78, 5) is 37.5. The van der Waals surface area contributed by atoms with Crippen LogP contribution in [0.25, 0.3) is 0 Å². The Hall–Kier alpha value is -2.43. The predicted molar refractivity (Wildman–Crippen MR) is 98.8 cm³/mol. The molecule has 0 bridgehead atoms. The number of likely N-dealkylation sites (tertiary alicyclic amines) is 1. The van der Waals surface area contributed by atoms with Crippen LogP contribution in [0.1, 0.15) is 19.3 Å². The Morgan fingerprint density at radius 1 is 1.25 bits per heavy atom. The zero-order valence-corrected chi connectivity index (χ0v) is 15.7. The van der Waals surface area contributed by atoms with Crippen molar-refractivity contribution in [2.24, 2.45) is 5.73 Å². The van der Waals surface area contributed by atoms with Gasteiger partial charge in [-0.2, -0.15) is 13.2 Å². The molecule has 1 unspecified atom stereocenters. The molecule has 2 rings (SSSR count). The molecule has 0 saturated carbocycles. The van der Waals surface area contributed by atoms with Gasteiger partial charge >= 0.3 is 12.2 Å². The minimum absolute atomic E-state index is 0.181. The number of urea groups is 1. The molecular formula is C17H21F3N4O3S. The number of rotatable bonds is 7. The third-order valence-electron chi connectivity index (χ3n) is 4.01. The SMILES string of the molecule is NC(=O)CCSc1ccccc1NC(=O)N1CCCC1C(=O)NCC(F)(F)F. The summed E-state index contributed by atoms with van der Waals surface area (Å²) in [5, 5.41) is 4.53. The highest BCUT2D eigenvalue weighted by molar-refractivity contribution is 7.99. The second-order valence-corrected chi connectivity index (χ2v) is 7.31. The Labute approximate surface area is 164 Å². The maximum absolute atomic E-state index is 12.6. The number of carbonyl (C=O) groups is 3. The van der Waals surface area contributed by atoms with E-state index in [2.05, 4.69) is 5.32 Å². The highest BCUT2D eigenvalue weighted by Crippen LogP contribution is 2.28. The molecule has 1 heterocycles. The smallest absolute Gasteiger partial charge is 0.370 e. The maximum Gasteiger partial charge on any atom is 0.405 e. The van der Waals surface area contributed by atoms with E-state index in [1.54, 1.807) is 24.3 Å². The first-order chi connectivity index (χ1) is 13.2. The largest absolute Gasteiger partial charge is 0.405 e. The standard InChI is InChI=1S/C17H21F3N4O3S/c18-17(19,20)10-22-15(26)12-5-3-8-24(12)16(27)23-11-4-1-2-6-13(11)28-9-7-14(21)25/h1-2,4,6,12H,3,5,7-10H2,(H2,21,25)(H,22,26)(H,23,27). The van der Waals surface area contributed by atoms with Crippen molar-refractivity contribution in [3.63, 3.8) is 0 Å². The monoisotopic (exact) mass is 418 g/mol. The molecule has 11 heteroatoms. The van der Waals surface area contributed by atoms with E-state index >= 15 is 0 Å². The molecular weight excluding hydrogens is 397 g/mol. The Kier molecular flexibility index (Phi) is 7.55. The molecule has 28 heavy (non-hydrogen) atoms. The summed E-state index contributed by atoms with van der Waals surface area (Å²) in [5.41, 5.74) is 5.61. The van der Waals surface area contributed by atoms with Crippen molar-refractivity contribution in [1.82, 2.24) is 10.2 Å². The van der Waals surface area contributed by atoms with E-state index in [0.717, 1.165) is 4.90 Å². The molecule has 1 aliphatic heterocycles. The Balaban J connectivity index is 1.99. The lowest BCUT2D eigenvalue weighted by Gasteiger charge is -2.25. The fourth-order valence-corrected chi connectivity index (χ4v) is 3.70. The van der Waals surface area contributed by atoms with Crippen molar-refractivity contribution < 1.29 is 27.6 Å². The summed E-state index contributed by atoms with van der Waals surface area (Å²) in [7, 11) is 0. The number of nitrogens with zero attached hydrogens (tertiary/aromatic N) is 1. The van der Waals surface area contributed by atoms with Gasteiger partial charge in [-0.1, -0.05) is 12.1 Å². The van der Waals surface area contributed by atoms with Crippen molar-refractivity contribution in [2.45, 2.75) is 36.4 Å². The molecule has 1 atom stereocenters. The second kappa shape index (κ2) is 9.67. The van der Waals surface area contributed by atoms with E-state index in [1.165, 1.54) is 16.7 Å². The number of nitrogens with two attached hydrogens (primary N) is 1. The van der Waals surface area contributed by atoms with Crippen molar-refractivity contribution in [3.8, 4) is 0 Å². The second-order valence-electron chi connectivity index (χ2n) is 6.18. The maximum atomic E-state index is 12.6. The average molecular weight is 418 g/mol. The van der Waals surface area contributed by atoms with Gasteiger partial charge in [0.1, 0.15) is 12.6 Å². The number of nitrogens with one attached hydrogen (secondary N) is 2. The first kappa shape index (κ1) is 21.9. The minimum Gasteiger partial charge on any atom is -0.370 e.